The van der Waals surface area contributed by atoms with E-state index in [1.807, 2.05) is 0 Å². The third-order valence-electron chi connectivity index (χ3n) is 8.09. The lowest BCUT2D eigenvalue weighted by atomic mass is 9.88. The minimum atomic E-state index is -3.85. The quantitative estimate of drug-likeness (QED) is 0.219. The van der Waals surface area contributed by atoms with Crippen molar-refractivity contribution < 1.29 is 22.8 Å². The number of aromatic nitrogens is 2. The van der Waals surface area contributed by atoms with Gasteiger partial charge in [-0.2, -0.15) is 0 Å². The normalized spacial score (nSPS) is 19.7. The van der Waals surface area contributed by atoms with Gasteiger partial charge in [-0.1, -0.05) is 17.7 Å². The number of nitrogens with one attached hydrogen (secondary N) is 3. The minimum Gasteiger partial charge on any atom is -0.382 e. The second-order valence-electron chi connectivity index (χ2n) is 11.0. The van der Waals surface area contributed by atoms with Gasteiger partial charge in [-0.05, 0) is 43.9 Å². The molecular weight excluding hydrogens is 598 g/mol. The number of nitrogen functional groups attached to an aromatic ring is 2. The number of carbonyl (C=O) groups excluding carboxylic acids is 3. The summed E-state index contributed by atoms with van der Waals surface area (Å²) < 4.78 is 28.9. The first-order chi connectivity index (χ1) is 20.4. The zero-order valence-electron chi connectivity index (χ0n) is 23.6. The molecule has 0 aliphatic carbocycles. The van der Waals surface area contributed by atoms with Crippen LogP contribution in [0.1, 0.15) is 53.5 Å². The number of amides is 2. The van der Waals surface area contributed by atoms with Gasteiger partial charge < -0.3 is 31.9 Å². The molecule has 16 heteroatoms. The van der Waals surface area contributed by atoms with Gasteiger partial charge in [0, 0.05) is 57.3 Å². The Hall–Kier alpha value is -3.95. The van der Waals surface area contributed by atoms with Crippen LogP contribution >= 0.6 is 11.6 Å². The van der Waals surface area contributed by atoms with Gasteiger partial charge in [0.15, 0.2) is 22.5 Å². The summed E-state index contributed by atoms with van der Waals surface area (Å²) in [6, 6.07) is 5.76. The zero-order chi connectivity index (χ0) is 30.9. The number of anilines is 2. The van der Waals surface area contributed by atoms with Crippen LogP contribution in [0.5, 0.6) is 0 Å². The molecule has 3 aliphatic rings. The SMILES string of the molecule is CC(=O)N1CCC(NS(=O)(=O)c2cccc(C(=O)N3CCC4(CC3)CN/C(=C\C(=O)c3nc(Cl)c(N)nc3N)N4)c2)CC1. The molecule has 7 N–H and O–H groups in total. The van der Waals surface area contributed by atoms with Crippen molar-refractivity contribution in [3.8, 4) is 0 Å². The molecule has 0 atom stereocenters. The van der Waals surface area contributed by atoms with Gasteiger partial charge in [0.1, 0.15) is 5.82 Å². The van der Waals surface area contributed by atoms with Crippen molar-refractivity contribution in [2.45, 2.75) is 49.1 Å². The molecule has 3 saturated heterocycles. The van der Waals surface area contributed by atoms with E-state index in [0.717, 1.165) is 0 Å². The Morgan fingerprint density at radius 3 is 2.44 bits per heavy atom. The Kier molecular flexibility index (Phi) is 8.49. The van der Waals surface area contributed by atoms with Crippen LogP contribution < -0.4 is 26.8 Å². The summed E-state index contributed by atoms with van der Waals surface area (Å²) in [6.07, 6.45) is 3.60. The number of hydrogen-bond donors (Lipinski definition) is 5. The fourth-order valence-electron chi connectivity index (χ4n) is 5.57. The summed E-state index contributed by atoms with van der Waals surface area (Å²) in [7, 11) is -3.85. The highest BCUT2D eigenvalue weighted by atomic mass is 35.5. The van der Waals surface area contributed by atoms with Crippen LogP contribution in [0.4, 0.5) is 11.6 Å². The zero-order valence-corrected chi connectivity index (χ0v) is 25.2. The highest BCUT2D eigenvalue weighted by Gasteiger charge is 2.40. The predicted octanol–water partition coefficient (Wildman–Crippen LogP) is 0.476. The highest BCUT2D eigenvalue weighted by Crippen LogP contribution is 2.28. The van der Waals surface area contributed by atoms with E-state index >= 15 is 0 Å². The Balaban J connectivity index is 1.18. The van der Waals surface area contributed by atoms with Crippen LogP contribution in [-0.2, 0) is 14.8 Å². The van der Waals surface area contributed by atoms with Crippen molar-refractivity contribution in [2.24, 2.45) is 0 Å². The number of sulfonamides is 1. The largest absolute Gasteiger partial charge is 0.382 e. The van der Waals surface area contributed by atoms with Crippen molar-refractivity contribution in [3.05, 3.63) is 52.6 Å². The lowest BCUT2D eigenvalue weighted by Crippen LogP contribution is -2.53. The molecule has 0 bridgehead atoms. The molecule has 14 nitrogen and oxygen atoms in total. The number of hydrogen-bond acceptors (Lipinski definition) is 11. The molecule has 0 unspecified atom stereocenters. The average molecular weight is 632 g/mol. The van der Waals surface area contributed by atoms with Crippen LogP contribution in [0.15, 0.2) is 41.1 Å². The van der Waals surface area contributed by atoms with Crippen molar-refractivity contribution >= 4 is 50.9 Å². The maximum atomic E-state index is 13.4. The molecule has 2 aromatic rings. The van der Waals surface area contributed by atoms with Crippen LogP contribution in [0.3, 0.4) is 0 Å². The standard InChI is InChI=1S/C27H34ClN9O5S/c1-16(38)36-9-5-18(6-10-36)35-43(41,42)19-4-2-3-17(13-19)26(40)37-11-7-27(8-12-37)15-31-21(34-27)14-20(39)22-24(29)33-25(30)23(28)32-22/h2-4,13-14,18,31,34-35H,5-12,15H2,1H3,(H4,29,30,33)/b21-14+. The van der Waals surface area contributed by atoms with Gasteiger partial charge in [0.2, 0.25) is 21.7 Å². The van der Waals surface area contributed by atoms with Crippen LogP contribution in [0, 0.1) is 0 Å². The fraction of sp³-hybridized carbons (Fsp3) is 0.444. The van der Waals surface area contributed by atoms with E-state index in [-0.39, 0.29) is 56.3 Å². The number of nitrogens with two attached hydrogens (primary N) is 2. The van der Waals surface area contributed by atoms with E-state index in [1.165, 1.54) is 25.1 Å². The average Bonchev–Trinajstić information content (AvgIpc) is 3.36. The van der Waals surface area contributed by atoms with Crippen molar-refractivity contribution in [1.82, 2.24) is 35.1 Å². The fourth-order valence-corrected chi connectivity index (χ4v) is 7.04. The van der Waals surface area contributed by atoms with Gasteiger partial charge in [0.25, 0.3) is 5.91 Å². The topological polar surface area (TPSA) is 206 Å². The summed E-state index contributed by atoms with van der Waals surface area (Å²) in [5.41, 5.74) is 11.2. The van der Waals surface area contributed by atoms with Gasteiger partial charge in [-0.15, -0.1) is 0 Å². The minimum absolute atomic E-state index is 0.0228. The maximum absolute atomic E-state index is 13.4. The summed E-state index contributed by atoms with van der Waals surface area (Å²) >= 11 is 5.90. The van der Waals surface area contributed by atoms with E-state index < -0.39 is 15.8 Å². The Bertz CT molecular complexity index is 1580. The van der Waals surface area contributed by atoms with Gasteiger partial charge >= 0.3 is 0 Å². The molecule has 230 valence electrons. The molecular formula is C27H34ClN9O5S. The summed E-state index contributed by atoms with van der Waals surface area (Å²) in [6.45, 7) is 3.91. The van der Waals surface area contributed by atoms with E-state index in [4.69, 9.17) is 23.1 Å². The number of likely N-dealkylation sites (tertiary alicyclic amines) is 2. The lowest BCUT2D eigenvalue weighted by Gasteiger charge is -2.39. The second kappa shape index (κ2) is 12.0. The number of allylic oxidation sites excluding steroid dienone is 1. The number of benzene rings is 1. The molecule has 1 aromatic carbocycles. The molecule has 1 spiro atoms. The third-order valence-corrected chi connectivity index (χ3v) is 9.89. The van der Waals surface area contributed by atoms with Crippen LogP contribution in [0.25, 0.3) is 0 Å². The van der Waals surface area contributed by atoms with E-state index in [1.54, 1.807) is 21.9 Å². The van der Waals surface area contributed by atoms with Crippen molar-refractivity contribution in [1.29, 1.82) is 0 Å². The van der Waals surface area contributed by atoms with E-state index in [2.05, 4.69) is 25.3 Å². The number of nitrogens with zero attached hydrogens (tertiary/aromatic N) is 4. The summed E-state index contributed by atoms with van der Waals surface area (Å²) in [4.78, 5) is 48.9. The van der Waals surface area contributed by atoms with Crippen LogP contribution in [0.2, 0.25) is 5.15 Å². The Labute approximate surface area is 254 Å². The smallest absolute Gasteiger partial charge is 0.253 e. The van der Waals surface area contributed by atoms with Crippen LogP contribution in [-0.4, -0.2) is 90.1 Å². The number of rotatable bonds is 6. The number of carbonyl (C=O) groups is 3. The highest BCUT2D eigenvalue weighted by molar-refractivity contribution is 7.89. The Morgan fingerprint density at radius 1 is 1.07 bits per heavy atom. The maximum Gasteiger partial charge on any atom is 0.253 e. The molecule has 5 rings (SSSR count). The monoisotopic (exact) mass is 631 g/mol. The molecule has 0 radical (unpaired) electrons. The number of halogens is 1. The second-order valence-corrected chi connectivity index (χ2v) is 13.1. The predicted molar refractivity (Wildman–Crippen MR) is 159 cm³/mol. The summed E-state index contributed by atoms with van der Waals surface area (Å²) in [5.74, 6) is -0.454. The van der Waals surface area contributed by atoms with E-state index in [9.17, 15) is 22.8 Å². The number of piperidine rings is 2. The van der Waals surface area contributed by atoms with Gasteiger partial charge in [0.05, 0.1) is 10.4 Å². The molecule has 2 amide bonds. The third kappa shape index (κ3) is 6.68. The first kappa shape index (κ1) is 30.5. The summed E-state index contributed by atoms with van der Waals surface area (Å²) in [5, 5.41) is 6.45. The molecule has 0 saturated carbocycles. The molecule has 3 aliphatic heterocycles. The van der Waals surface area contributed by atoms with Gasteiger partial charge in [-0.3, -0.25) is 14.4 Å². The van der Waals surface area contributed by atoms with Crippen molar-refractivity contribution in [2.75, 3.05) is 44.2 Å². The molecule has 1 aromatic heterocycles. The van der Waals surface area contributed by atoms with Gasteiger partial charge in [-0.25, -0.2) is 23.1 Å². The first-order valence-electron chi connectivity index (χ1n) is 13.9. The molecule has 4 heterocycles. The Morgan fingerprint density at radius 2 is 1.77 bits per heavy atom. The van der Waals surface area contributed by atoms with E-state index in [0.29, 0.717) is 64.2 Å². The lowest BCUT2D eigenvalue weighted by molar-refractivity contribution is -0.129. The molecule has 43 heavy (non-hydrogen) atoms. The van der Waals surface area contributed by atoms with Crippen molar-refractivity contribution in [3.63, 3.8) is 0 Å². The number of ketones is 1. The first-order valence-corrected chi connectivity index (χ1v) is 15.8. The molecule has 3 fully saturated rings.